The van der Waals surface area contributed by atoms with Gasteiger partial charge < -0.3 is 9.32 Å². The molecule has 3 heterocycles. The van der Waals surface area contributed by atoms with Crippen molar-refractivity contribution in [1.82, 2.24) is 19.8 Å². The molecule has 4 rings (SSSR count). The number of amides is 2. The van der Waals surface area contributed by atoms with Gasteiger partial charge in [-0.15, -0.1) is 0 Å². The average molecular weight is 397 g/mol. The summed E-state index contributed by atoms with van der Waals surface area (Å²) in [7, 11) is 0. The van der Waals surface area contributed by atoms with Crippen LogP contribution in [0.5, 0.6) is 0 Å². The highest BCUT2D eigenvalue weighted by Gasteiger charge is 2.26. The van der Waals surface area contributed by atoms with Crippen molar-refractivity contribution in [3.05, 3.63) is 41.6 Å². The van der Waals surface area contributed by atoms with Crippen LogP contribution in [0, 0.1) is 5.92 Å². The number of rotatable bonds is 4. The van der Waals surface area contributed by atoms with Gasteiger partial charge in [0.15, 0.2) is 11.5 Å². The fraction of sp³-hybridized carbons (Fsp3) is 0.450. The highest BCUT2D eigenvalue weighted by Crippen LogP contribution is 2.24. The first-order valence-electron chi connectivity index (χ1n) is 9.73. The third kappa shape index (κ3) is 4.34. The SMILES string of the molecule is C[C@@H]1CC(=O)c2cnc(NC(=O)CN3CCN(C(=O)c4ccco4)CC3)nc2C1. The lowest BCUT2D eigenvalue weighted by molar-refractivity contribution is -0.117. The molecule has 1 fully saturated rings. The summed E-state index contributed by atoms with van der Waals surface area (Å²) in [6.45, 7) is 4.45. The van der Waals surface area contributed by atoms with Crippen molar-refractivity contribution < 1.29 is 18.8 Å². The standard InChI is InChI=1S/C20H23N5O4/c1-13-9-15-14(16(26)10-13)11-21-20(22-15)23-18(27)12-24-4-6-25(7-5-24)19(28)17-3-2-8-29-17/h2-3,8,11,13H,4-7,9-10,12H2,1H3,(H,21,22,23,27)/t13-/m0/s1. The molecule has 2 aromatic rings. The second-order valence-corrected chi connectivity index (χ2v) is 7.58. The van der Waals surface area contributed by atoms with E-state index in [1.54, 1.807) is 17.0 Å². The number of nitrogens with one attached hydrogen (secondary N) is 1. The van der Waals surface area contributed by atoms with Crippen LogP contribution in [0.3, 0.4) is 0 Å². The van der Waals surface area contributed by atoms with Crippen LogP contribution in [0.2, 0.25) is 0 Å². The van der Waals surface area contributed by atoms with Crippen LogP contribution in [-0.2, 0) is 11.2 Å². The fourth-order valence-corrected chi connectivity index (χ4v) is 3.73. The number of nitrogens with zero attached hydrogens (tertiary/aromatic N) is 4. The molecule has 29 heavy (non-hydrogen) atoms. The van der Waals surface area contributed by atoms with Crippen molar-refractivity contribution in [2.24, 2.45) is 5.92 Å². The zero-order valence-corrected chi connectivity index (χ0v) is 16.3. The molecular weight excluding hydrogens is 374 g/mol. The maximum Gasteiger partial charge on any atom is 0.289 e. The Morgan fingerprint density at radius 1 is 1.24 bits per heavy atom. The summed E-state index contributed by atoms with van der Waals surface area (Å²) in [5, 5.41) is 2.72. The van der Waals surface area contributed by atoms with Gasteiger partial charge in [-0.25, -0.2) is 9.97 Å². The van der Waals surface area contributed by atoms with Gasteiger partial charge in [-0.05, 0) is 24.5 Å². The summed E-state index contributed by atoms with van der Waals surface area (Å²) >= 11 is 0. The fourth-order valence-electron chi connectivity index (χ4n) is 3.73. The molecule has 0 unspecified atom stereocenters. The molecule has 0 bridgehead atoms. The lowest BCUT2D eigenvalue weighted by Gasteiger charge is -2.33. The number of ketones is 1. The van der Waals surface area contributed by atoms with E-state index < -0.39 is 0 Å². The number of carbonyl (C=O) groups is 3. The Balaban J connectivity index is 1.29. The number of hydrogen-bond acceptors (Lipinski definition) is 7. The number of aromatic nitrogens is 2. The van der Waals surface area contributed by atoms with Crippen molar-refractivity contribution in [2.75, 3.05) is 38.0 Å². The second-order valence-electron chi connectivity index (χ2n) is 7.58. The molecule has 2 amide bonds. The average Bonchev–Trinajstić information content (AvgIpc) is 3.22. The Kier molecular flexibility index (Phi) is 5.39. The summed E-state index contributed by atoms with van der Waals surface area (Å²) in [5.74, 6) is 0.499. The van der Waals surface area contributed by atoms with Crippen LogP contribution in [0.25, 0.3) is 0 Å². The lowest BCUT2D eigenvalue weighted by Crippen LogP contribution is -2.50. The first-order valence-corrected chi connectivity index (χ1v) is 9.73. The van der Waals surface area contributed by atoms with E-state index in [-0.39, 0.29) is 36.0 Å². The molecule has 0 spiro atoms. The minimum Gasteiger partial charge on any atom is -0.459 e. The van der Waals surface area contributed by atoms with Gasteiger partial charge in [-0.3, -0.25) is 24.6 Å². The molecule has 1 N–H and O–H groups in total. The van der Waals surface area contributed by atoms with Crippen LogP contribution in [0.4, 0.5) is 5.95 Å². The molecule has 1 saturated heterocycles. The summed E-state index contributed by atoms with van der Waals surface area (Å²) in [6, 6.07) is 3.34. The van der Waals surface area contributed by atoms with E-state index in [4.69, 9.17) is 4.42 Å². The maximum atomic E-state index is 12.4. The smallest absolute Gasteiger partial charge is 0.289 e. The van der Waals surface area contributed by atoms with E-state index in [2.05, 4.69) is 15.3 Å². The van der Waals surface area contributed by atoms with Gasteiger partial charge in [0.2, 0.25) is 11.9 Å². The number of anilines is 1. The topological polar surface area (TPSA) is 109 Å². The van der Waals surface area contributed by atoms with Gasteiger partial charge in [-0.2, -0.15) is 0 Å². The van der Waals surface area contributed by atoms with Gasteiger partial charge in [0.25, 0.3) is 5.91 Å². The third-order valence-corrected chi connectivity index (χ3v) is 5.25. The molecule has 1 atom stereocenters. The minimum atomic E-state index is -0.217. The Morgan fingerprint density at radius 3 is 2.76 bits per heavy atom. The van der Waals surface area contributed by atoms with E-state index in [9.17, 15) is 14.4 Å². The first kappa shape index (κ1) is 19.3. The Labute approximate surface area is 168 Å². The molecule has 152 valence electrons. The molecule has 0 radical (unpaired) electrons. The number of hydrogen-bond donors (Lipinski definition) is 1. The molecule has 1 aliphatic carbocycles. The van der Waals surface area contributed by atoms with Crippen molar-refractivity contribution in [2.45, 2.75) is 19.8 Å². The Hall–Kier alpha value is -3.07. The van der Waals surface area contributed by atoms with Gasteiger partial charge in [-0.1, -0.05) is 6.92 Å². The largest absolute Gasteiger partial charge is 0.459 e. The molecular formula is C20H23N5O4. The monoisotopic (exact) mass is 397 g/mol. The van der Waals surface area contributed by atoms with E-state index in [1.807, 2.05) is 11.8 Å². The summed E-state index contributed by atoms with van der Waals surface area (Å²) in [4.78, 5) is 48.9. The highest BCUT2D eigenvalue weighted by molar-refractivity contribution is 5.98. The zero-order valence-electron chi connectivity index (χ0n) is 16.3. The van der Waals surface area contributed by atoms with E-state index in [1.165, 1.54) is 12.5 Å². The number of furan rings is 1. The van der Waals surface area contributed by atoms with Gasteiger partial charge >= 0.3 is 0 Å². The Bertz CT molecular complexity index is 919. The molecule has 0 saturated carbocycles. The number of piperazine rings is 1. The van der Waals surface area contributed by atoms with Gasteiger partial charge in [0.05, 0.1) is 24.1 Å². The van der Waals surface area contributed by atoms with Crippen molar-refractivity contribution in [3.8, 4) is 0 Å². The van der Waals surface area contributed by atoms with Gasteiger partial charge in [0, 0.05) is 38.8 Å². The van der Waals surface area contributed by atoms with E-state index >= 15 is 0 Å². The molecule has 2 aliphatic rings. The molecule has 0 aromatic carbocycles. The van der Waals surface area contributed by atoms with Gasteiger partial charge in [0.1, 0.15) is 0 Å². The van der Waals surface area contributed by atoms with Crippen molar-refractivity contribution >= 4 is 23.5 Å². The first-order chi connectivity index (χ1) is 14.0. The number of Topliss-reactive ketones (excluding diaryl/α,β-unsaturated/α-hetero) is 1. The molecule has 9 heteroatoms. The molecule has 1 aliphatic heterocycles. The minimum absolute atomic E-state index is 0.0543. The number of carbonyl (C=O) groups excluding carboxylic acids is 3. The van der Waals surface area contributed by atoms with Crippen LogP contribution >= 0.6 is 0 Å². The predicted molar refractivity (Wildman–Crippen MR) is 104 cm³/mol. The predicted octanol–water partition coefficient (Wildman–Crippen LogP) is 1.23. The van der Waals surface area contributed by atoms with Crippen molar-refractivity contribution in [1.29, 1.82) is 0 Å². The van der Waals surface area contributed by atoms with Crippen LogP contribution in [0.15, 0.2) is 29.0 Å². The van der Waals surface area contributed by atoms with Crippen LogP contribution < -0.4 is 5.32 Å². The zero-order chi connectivity index (χ0) is 20.4. The van der Waals surface area contributed by atoms with Crippen molar-refractivity contribution in [3.63, 3.8) is 0 Å². The lowest BCUT2D eigenvalue weighted by atomic mass is 9.88. The molecule has 2 aromatic heterocycles. The molecule has 9 nitrogen and oxygen atoms in total. The normalized spacial score (nSPS) is 19.7. The maximum absolute atomic E-state index is 12.4. The highest BCUT2D eigenvalue weighted by atomic mass is 16.3. The quantitative estimate of drug-likeness (QED) is 0.826. The van der Waals surface area contributed by atoms with E-state index in [0.717, 1.165) is 0 Å². The van der Waals surface area contributed by atoms with Crippen LogP contribution in [-0.4, -0.2) is 70.1 Å². The summed E-state index contributed by atoms with van der Waals surface area (Å²) < 4.78 is 5.16. The second kappa shape index (κ2) is 8.12. The Morgan fingerprint density at radius 2 is 2.03 bits per heavy atom. The third-order valence-electron chi connectivity index (χ3n) is 5.25. The number of fused-ring (bicyclic) bond motifs is 1. The summed E-state index contributed by atoms with van der Waals surface area (Å²) in [5.41, 5.74) is 1.25. The van der Waals surface area contributed by atoms with E-state index in [0.29, 0.717) is 56.0 Å². The van der Waals surface area contributed by atoms with Crippen LogP contribution in [0.1, 0.15) is 40.0 Å². The summed E-state index contributed by atoms with van der Waals surface area (Å²) in [6.07, 6.45) is 4.20.